The van der Waals surface area contributed by atoms with Crippen LogP contribution in [-0.4, -0.2) is 5.91 Å². The van der Waals surface area contributed by atoms with Crippen LogP contribution in [0.1, 0.15) is 90.4 Å². The molecule has 0 fully saturated rings. The molecule has 0 heterocycles. The zero-order chi connectivity index (χ0) is 15.1. The van der Waals surface area contributed by atoms with Crippen molar-refractivity contribution >= 4 is 5.91 Å². The molecule has 0 rings (SSSR count). The van der Waals surface area contributed by atoms with Crippen molar-refractivity contribution in [3.05, 3.63) is 12.7 Å². The smallest absolute Gasteiger partial charge is 0.220 e. The fourth-order valence-corrected chi connectivity index (χ4v) is 2.63. The van der Waals surface area contributed by atoms with Crippen molar-refractivity contribution in [1.82, 2.24) is 0 Å². The second-order valence-corrected chi connectivity index (χ2v) is 5.94. The van der Waals surface area contributed by atoms with Gasteiger partial charge in [-0.25, -0.2) is 0 Å². The molecule has 2 N–H and O–H groups in total. The highest BCUT2D eigenvalue weighted by Gasteiger charge is 2.14. The van der Waals surface area contributed by atoms with Crippen LogP contribution in [0.5, 0.6) is 0 Å². The predicted octanol–water partition coefficient (Wildman–Crippen LogP) is 5.37. The Morgan fingerprint density at radius 3 is 1.95 bits per heavy atom. The molecule has 20 heavy (non-hydrogen) atoms. The molecular weight excluding hydrogens is 246 g/mol. The van der Waals surface area contributed by atoms with Crippen molar-refractivity contribution in [2.24, 2.45) is 11.7 Å². The van der Waals surface area contributed by atoms with E-state index >= 15 is 0 Å². The highest BCUT2D eigenvalue weighted by atomic mass is 16.1. The summed E-state index contributed by atoms with van der Waals surface area (Å²) in [4.78, 5) is 11.4. The molecule has 1 amide bonds. The molecule has 1 unspecified atom stereocenters. The van der Waals surface area contributed by atoms with E-state index in [0.29, 0.717) is 0 Å². The molecule has 0 spiro atoms. The highest BCUT2D eigenvalue weighted by Crippen LogP contribution is 2.18. The number of allylic oxidation sites excluding steroid dienone is 1. The minimum atomic E-state index is -0.0906. The molecule has 0 aromatic rings. The van der Waals surface area contributed by atoms with Gasteiger partial charge in [-0.2, -0.15) is 0 Å². The Kier molecular flexibility index (Phi) is 14.0. The maximum atomic E-state index is 11.4. The molecule has 0 saturated heterocycles. The topological polar surface area (TPSA) is 43.1 Å². The lowest BCUT2D eigenvalue weighted by Crippen LogP contribution is -2.23. The Morgan fingerprint density at radius 1 is 0.950 bits per heavy atom. The Bertz CT molecular complexity index is 238. The minimum absolute atomic E-state index is 0.0906. The van der Waals surface area contributed by atoms with Gasteiger partial charge in [-0.3, -0.25) is 4.79 Å². The molecule has 0 aliphatic carbocycles. The van der Waals surface area contributed by atoms with Gasteiger partial charge >= 0.3 is 0 Å². The summed E-state index contributed by atoms with van der Waals surface area (Å²) >= 11 is 0. The molecule has 118 valence electrons. The fraction of sp³-hybridized carbons (Fsp3) is 0.833. The van der Waals surface area contributed by atoms with Crippen LogP contribution in [-0.2, 0) is 4.79 Å². The normalized spacial score (nSPS) is 12.2. The van der Waals surface area contributed by atoms with Crippen LogP contribution >= 0.6 is 0 Å². The first-order chi connectivity index (χ1) is 9.72. The average molecular weight is 281 g/mol. The van der Waals surface area contributed by atoms with Gasteiger partial charge in [0.15, 0.2) is 0 Å². The van der Waals surface area contributed by atoms with Gasteiger partial charge in [-0.05, 0) is 25.7 Å². The highest BCUT2D eigenvalue weighted by molar-refractivity contribution is 5.76. The third kappa shape index (κ3) is 12.3. The van der Waals surface area contributed by atoms with E-state index in [4.69, 9.17) is 5.73 Å². The molecule has 0 aliphatic rings. The molecule has 0 aromatic carbocycles. The summed E-state index contributed by atoms with van der Waals surface area (Å²) in [5.74, 6) is 0.0250. The van der Waals surface area contributed by atoms with E-state index in [0.717, 1.165) is 32.1 Å². The summed E-state index contributed by atoms with van der Waals surface area (Å²) in [6.45, 7) is 5.96. The number of carbonyl (C=O) groups excluding carboxylic acids is 1. The monoisotopic (exact) mass is 281 g/mol. The van der Waals surface area contributed by atoms with Crippen molar-refractivity contribution in [2.75, 3.05) is 0 Å². The number of primary amides is 1. The molecule has 1 atom stereocenters. The Hall–Kier alpha value is -0.790. The number of nitrogens with two attached hydrogens (primary N) is 1. The number of amides is 1. The van der Waals surface area contributed by atoms with Crippen molar-refractivity contribution in [3.8, 4) is 0 Å². The van der Waals surface area contributed by atoms with Crippen molar-refractivity contribution in [3.63, 3.8) is 0 Å². The van der Waals surface area contributed by atoms with Crippen LogP contribution in [0.25, 0.3) is 0 Å². The summed E-state index contributed by atoms with van der Waals surface area (Å²) in [5, 5.41) is 0. The summed E-state index contributed by atoms with van der Waals surface area (Å²) in [6, 6.07) is 0. The quantitative estimate of drug-likeness (QED) is 0.318. The van der Waals surface area contributed by atoms with Gasteiger partial charge in [0.25, 0.3) is 0 Å². The number of hydrogen-bond acceptors (Lipinski definition) is 1. The van der Waals surface area contributed by atoms with Crippen LogP contribution in [0.3, 0.4) is 0 Å². The molecule has 0 saturated carbocycles. The van der Waals surface area contributed by atoms with E-state index in [1.807, 2.05) is 6.08 Å². The third-order valence-corrected chi connectivity index (χ3v) is 4.02. The summed E-state index contributed by atoms with van der Waals surface area (Å²) < 4.78 is 0. The molecule has 0 bridgehead atoms. The van der Waals surface area contributed by atoms with Crippen molar-refractivity contribution < 1.29 is 4.79 Å². The Balaban J connectivity index is 3.54. The van der Waals surface area contributed by atoms with E-state index < -0.39 is 0 Å². The van der Waals surface area contributed by atoms with Crippen LogP contribution < -0.4 is 5.73 Å². The van der Waals surface area contributed by atoms with Crippen molar-refractivity contribution in [2.45, 2.75) is 90.4 Å². The standard InChI is InChI=1S/C18H35NO/c1-3-5-7-9-10-12-14-16-17(18(19)20)15-13-11-8-6-4-2/h3,17H,1,4-16H2,2H3,(H2,19,20). The lowest BCUT2D eigenvalue weighted by atomic mass is 9.93. The van der Waals surface area contributed by atoms with Gasteiger partial charge in [0.2, 0.25) is 5.91 Å². The average Bonchev–Trinajstić information content (AvgIpc) is 2.43. The van der Waals surface area contributed by atoms with E-state index in [2.05, 4.69) is 13.5 Å². The summed E-state index contributed by atoms with van der Waals surface area (Å²) in [5.41, 5.74) is 5.51. The largest absolute Gasteiger partial charge is 0.369 e. The SMILES string of the molecule is C=CCCCCCCCC(CCCCCCC)C(N)=O. The Labute approximate surface area is 126 Å². The molecule has 0 aromatic heterocycles. The van der Waals surface area contributed by atoms with E-state index in [1.54, 1.807) is 0 Å². The number of unbranched alkanes of at least 4 members (excludes halogenated alkanes) is 9. The first-order valence-corrected chi connectivity index (χ1v) is 8.62. The molecule has 2 nitrogen and oxygen atoms in total. The van der Waals surface area contributed by atoms with Crippen LogP contribution in [0.4, 0.5) is 0 Å². The Morgan fingerprint density at radius 2 is 1.45 bits per heavy atom. The number of hydrogen-bond donors (Lipinski definition) is 1. The third-order valence-electron chi connectivity index (χ3n) is 4.02. The summed E-state index contributed by atoms with van der Waals surface area (Å²) in [6.07, 6.45) is 17.6. The fourth-order valence-electron chi connectivity index (χ4n) is 2.63. The van der Waals surface area contributed by atoms with Gasteiger partial charge in [-0.1, -0.05) is 70.8 Å². The van der Waals surface area contributed by atoms with Crippen LogP contribution in [0.2, 0.25) is 0 Å². The molecule has 2 heteroatoms. The van der Waals surface area contributed by atoms with Crippen molar-refractivity contribution in [1.29, 1.82) is 0 Å². The van der Waals surface area contributed by atoms with E-state index in [1.165, 1.54) is 51.4 Å². The minimum Gasteiger partial charge on any atom is -0.369 e. The maximum absolute atomic E-state index is 11.4. The second kappa shape index (κ2) is 14.6. The van der Waals surface area contributed by atoms with Gasteiger partial charge in [0, 0.05) is 5.92 Å². The molecular formula is C18H35NO. The number of carbonyl (C=O) groups is 1. The second-order valence-electron chi connectivity index (χ2n) is 5.94. The lowest BCUT2D eigenvalue weighted by Gasteiger charge is -2.13. The van der Waals surface area contributed by atoms with Gasteiger partial charge < -0.3 is 5.73 Å². The lowest BCUT2D eigenvalue weighted by molar-refractivity contribution is -0.122. The molecule has 0 radical (unpaired) electrons. The summed E-state index contributed by atoms with van der Waals surface area (Å²) in [7, 11) is 0. The van der Waals surface area contributed by atoms with E-state index in [-0.39, 0.29) is 11.8 Å². The van der Waals surface area contributed by atoms with Gasteiger partial charge in [-0.15, -0.1) is 6.58 Å². The van der Waals surface area contributed by atoms with Gasteiger partial charge in [0.1, 0.15) is 0 Å². The first-order valence-electron chi connectivity index (χ1n) is 8.62. The zero-order valence-electron chi connectivity index (χ0n) is 13.5. The zero-order valence-corrected chi connectivity index (χ0v) is 13.5. The van der Waals surface area contributed by atoms with E-state index in [9.17, 15) is 4.79 Å². The first kappa shape index (κ1) is 19.2. The number of rotatable bonds is 15. The van der Waals surface area contributed by atoms with Crippen LogP contribution in [0.15, 0.2) is 12.7 Å². The molecule has 0 aliphatic heterocycles. The van der Waals surface area contributed by atoms with Crippen LogP contribution in [0, 0.1) is 5.92 Å². The van der Waals surface area contributed by atoms with Gasteiger partial charge in [0.05, 0.1) is 0 Å². The maximum Gasteiger partial charge on any atom is 0.220 e. The predicted molar refractivity (Wildman–Crippen MR) is 88.6 cm³/mol.